The number of halogens is 2. The highest BCUT2D eigenvalue weighted by Gasteiger charge is 2.09. The number of carbonyl (C=O) groups excluding carboxylic acids is 1. The van der Waals surface area contributed by atoms with Gasteiger partial charge in [0.1, 0.15) is 0 Å². The van der Waals surface area contributed by atoms with Crippen molar-refractivity contribution in [3.8, 4) is 11.5 Å². The lowest BCUT2D eigenvalue weighted by Gasteiger charge is -2.09. The van der Waals surface area contributed by atoms with Crippen LogP contribution in [0.2, 0.25) is 10.0 Å². The van der Waals surface area contributed by atoms with E-state index >= 15 is 0 Å². The van der Waals surface area contributed by atoms with Crippen molar-refractivity contribution >= 4 is 35.1 Å². The Labute approximate surface area is 139 Å². The summed E-state index contributed by atoms with van der Waals surface area (Å²) in [6.45, 7) is 0. The predicted octanol–water partition coefficient (Wildman–Crippen LogP) is 4.91. The Balaban J connectivity index is 2.28. The Morgan fingerprint density at radius 1 is 1.05 bits per heavy atom. The molecule has 114 valence electrons. The third-order valence-electron chi connectivity index (χ3n) is 3.05. The van der Waals surface area contributed by atoms with Gasteiger partial charge < -0.3 is 9.47 Å². The fourth-order valence-corrected chi connectivity index (χ4v) is 2.25. The summed E-state index contributed by atoms with van der Waals surface area (Å²) in [4.78, 5) is 12.2. The summed E-state index contributed by atoms with van der Waals surface area (Å²) >= 11 is 11.8. The lowest BCUT2D eigenvalue weighted by Crippen LogP contribution is -1.95. The molecule has 2 aromatic rings. The fraction of sp³-hybridized carbons (Fsp3) is 0.118. The number of ketones is 1. The SMILES string of the molecule is COc1cccc(C=CC(=O)c2ccc(Cl)c(Cl)c2)c1OC. The standard InChI is InChI=1S/C17H14Cl2O3/c1-21-16-5-3-4-11(17(16)22-2)7-9-15(20)12-6-8-13(18)14(19)10-12/h3-10H,1-2H3. The summed E-state index contributed by atoms with van der Waals surface area (Å²) in [5, 5.41) is 0.761. The second-order valence-corrected chi connectivity index (χ2v) is 5.22. The van der Waals surface area contributed by atoms with Crippen LogP contribution in [0.4, 0.5) is 0 Å². The Morgan fingerprint density at radius 2 is 1.82 bits per heavy atom. The van der Waals surface area contributed by atoms with Crippen LogP contribution in [0, 0.1) is 0 Å². The first kappa shape index (κ1) is 16.4. The van der Waals surface area contributed by atoms with Gasteiger partial charge in [0, 0.05) is 11.1 Å². The van der Waals surface area contributed by atoms with E-state index < -0.39 is 0 Å². The number of methoxy groups -OCH3 is 2. The minimum atomic E-state index is -0.177. The highest BCUT2D eigenvalue weighted by Crippen LogP contribution is 2.31. The van der Waals surface area contributed by atoms with E-state index in [4.69, 9.17) is 32.7 Å². The molecular weight excluding hydrogens is 323 g/mol. The van der Waals surface area contributed by atoms with Crippen LogP contribution >= 0.6 is 23.2 Å². The van der Waals surface area contributed by atoms with Gasteiger partial charge in [-0.25, -0.2) is 0 Å². The number of hydrogen-bond donors (Lipinski definition) is 0. The zero-order valence-electron chi connectivity index (χ0n) is 12.1. The van der Waals surface area contributed by atoms with Gasteiger partial charge in [-0.2, -0.15) is 0 Å². The molecule has 0 heterocycles. The van der Waals surface area contributed by atoms with Crippen LogP contribution in [-0.4, -0.2) is 20.0 Å². The molecule has 0 saturated carbocycles. The first-order valence-electron chi connectivity index (χ1n) is 6.45. The number of allylic oxidation sites excluding steroid dienone is 1. The van der Waals surface area contributed by atoms with E-state index in [9.17, 15) is 4.79 Å². The van der Waals surface area contributed by atoms with Crippen LogP contribution in [0.5, 0.6) is 11.5 Å². The Bertz CT molecular complexity index is 724. The van der Waals surface area contributed by atoms with Crippen LogP contribution in [0.25, 0.3) is 6.08 Å². The van der Waals surface area contributed by atoms with Crippen molar-refractivity contribution in [2.24, 2.45) is 0 Å². The normalized spacial score (nSPS) is 10.7. The number of ether oxygens (including phenoxy) is 2. The minimum absolute atomic E-state index is 0.177. The third-order valence-corrected chi connectivity index (χ3v) is 3.79. The maximum Gasteiger partial charge on any atom is 0.185 e. The van der Waals surface area contributed by atoms with E-state index in [1.165, 1.54) is 6.08 Å². The van der Waals surface area contributed by atoms with Gasteiger partial charge >= 0.3 is 0 Å². The van der Waals surface area contributed by atoms with Crippen molar-refractivity contribution in [3.63, 3.8) is 0 Å². The quantitative estimate of drug-likeness (QED) is 0.575. The molecular formula is C17H14Cl2O3. The summed E-state index contributed by atoms with van der Waals surface area (Å²) in [5.41, 5.74) is 1.21. The first-order valence-corrected chi connectivity index (χ1v) is 7.21. The number of rotatable bonds is 5. The fourth-order valence-electron chi connectivity index (χ4n) is 1.95. The van der Waals surface area contributed by atoms with Gasteiger partial charge in [-0.15, -0.1) is 0 Å². The number of para-hydroxylation sites is 1. The van der Waals surface area contributed by atoms with Crippen molar-refractivity contribution in [3.05, 3.63) is 63.6 Å². The highest BCUT2D eigenvalue weighted by atomic mass is 35.5. The molecule has 0 spiro atoms. The molecule has 2 rings (SSSR count). The second kappa shape index (κ2) is 7.34. The molecule has 0 aliphatic carbocycles. The van der Waals surface area contributed by atoms with E-state index in [-0.39, 0.29) is 5.78 Å². The van der Waals surface area contributed by atoms with Crippen LogP contribution in [0.3, 0.4) is 0 Å². The Kier molecular flexibility index (Phi) is 5.47. The second-order valence-electron chi connectivity index (χ2n) is 4.41. The average molecular weight is 337 g/mol. The van der Waals surface area contributed by atoms with E-state index in [0.717, 1.165) is 5.56 Å². The molecule has 0 saturated heterocycles. The van der Waals surface area contributed by atoms with Crippen LogP contribution in [0.15, 0.2) is 42.5 Å². The predicted molar refractivity (Wildman–Crippen MR) is 89.4 cm³/mol. The zero-order valence-corrected chi connectivity index (χ0v) is 13.6. The highest BCUT2D eigenvalue weighted by molar-refractivity contribution is 6.42. The van der Waals surface area contributed by atoms with Gasteiger partial charge in [0.05, 0.1) is 24.3 Å². The maximum absolute atomic E-state index is 12.2. The molecule has 3 nitrogen and oxygen atoms in total. The largest absolute Gasteiger partial charge is 0.493 e. The smallest absolute Gasteiger partial charge is 0.185 e. The van der Waals surface area contributed by atoms with Crippen molar-refractivity contribution in [2.45, 2.75) is 0 Å². The number of carbonyl (C=O) groups is 1. The van der Waals surface area contributed by atoms with Gasteiger partial charge in [-0.05, 0) is 36.4 Å². The summed E-state index contributed by atoms with van der Waals surface area (Å²) in [6, 6.07) is 10.2. The molecule has 22 heavy (non-hydrogen) atoms. The minimum Gasteiger partial charge on any atom is -0.493 e. The van der Waals surface area contributed by atoms with Gasteiger partial charge in [-0.3, -0.25) is 4.79 Å². The molecule has 0 unspecified atom stereocenters. The molecule has 2 aromatic carbocycles. The van der Waals surface area contributed by atoms with Crippen molar-refractivity contribution in [2.75, 3.05) is 14.2 Å². The maximum atomic E-state index is 12.2. The zero-order chi connectivity index (χ0) is 16.1. The molecule has 0 fully saturated rings. The first-order chi connectivity index (χ1) is 10.6. The van der Waals surface area contributed by atoms with E-state index in [2.05, 4.69) is 0 Å². The Hall–Kier alpha value is -1.97. The van der Waals surface area contributed by atoms with E-state index in [1.807, 2.05) is 12.1 Å². The average Bonchev–Trinajstić information content (AvgIpc) is 2.54. The van der Waals surface area contributed by atoms with Crippen molar-refractivity contribution < 1.29 is 14.3 Å². The number of hydrogen-bond acceptors (Lipinski definition) is 3. The summed E-state index contributed by atoms with van der Waals surface area (Å²) in [6.07, 6.45) is 3.13. The lowest BCUT2D eigenvalue weighted by atomic mass is 10.1. The summed E-state index contributed by atoms with van der Waals surface area (Å²) in [7, 11) is 3.11. The molecule has 0 aliphatic heterocycles. The molecule has 0 amide bonds. The van der Waals surface area contributed by atoms with Crippen molar-refractivity contribution in [1.29, 1.82) is 0 Å². The van der Waals surface area contributed by atoms with Crippen molar-refractivity contribution in [1.82, 2.24) is 0 Å². The number of benzene rings is 2. The monoisotopic (exact) mass is 336 g/mol. The third kappa shape index (κ3) is 3.62. The molecule has 0 radical (unpaired) electrons. The summed E-state index contributed by atoms with van der Waals surface area (Å²) < 4.78 is 10.5. The molecule has 0 atom stereocenters. The van der Waals surface area contributed by atoms with E-state index in [0.29, 0.717) is 27.1 Å². The lowest BCUT2D eigenvalue weighted by molar-refractivity contribution is 0.104. The van der Waals surface area contributed by atoms with Crippen LogP contribution in [0.1, 0.15) is 15.9 Å². The molecule has 0 bridgehead atoms. The molecule has 0 aliphatic rings. The topological polar surface area (TPSA) is 35.5 Å². The molecule has 0 N–H and O–H groups in total. The molecule has 0 aromatic heterocycles. The van der Waals surface area contributed by atoms with Gasteiger partial charge in [0.15, 0.2) is 17.3 Å². The van der Waals surface area contributed by atoms with Gasteiger partial charge in [0.25, 0.3) is 0 Å². The van der Waals surface area contributed by atoms with Crippen LogP contribution < -0.4 is 9.47 Å². The van der Waals surface area contributed by atoms with Gasteiger partial charge in [0.2, 0.25) is 0 Å². The van der Waals surface area contributed by atoms with Gasteiger partial charge in [-0.1, -0.05) is 35.3 Å². The summed E-state index contributed by atoms with van der Waals surface area (Å²) in [5.74, 6) is 0.998. The molecule has 5 heteroatoms. The Morgan fingerprint density at radius 3 is 2.45 bits per heavy atom. The van der Waals surface area contributed by atoms with E-state index in [1.54, 1.807) is 44.6 Å². The van der Waals surface area contributed by atoms with Crippen LogP contribution in [-0.2, 0) is 0 Å².